The molecule has 2 rings (SSSR count). The number of nitrogens with zero attached hydrogens (tertiary/aromatic N) is 3. The van der Waals surface area contributed by atoms with Crippen LogP contribution in [0.1, 0.15) is 37.9 Å². The average molecular weight is 256 g/mol. The predicted molar refractivity (Wildman–Crippen MR) is 61.3 cm³/mol. The first-order chi connectivity index (χ1) is 8.40. The van der Waals surface area contributed by atoms with E-state index in [9.17, 15) is 9.18 Å². The lowest BCUT2D eigenvalue weighted by Gasteiger charge is -2.16. The van der Waals surface area contributed by atoms with Crippen molar-refractivity contribution in [2.24, 2.45) is 5.73 Å². The van der Waals surface area contributed by atoms with Gasteiger partial charge in [0.05, 0.1) is 6.54 Å². The van der Waals surface area contributed by atoms with Crippen LogP contribution in [0.4, 0.5) is 4.39 Å². The lowest BCUT2D eigenvalue weighted by Crippen LogP contribution is -2.42. The van der Waals surface area contributed by atoms with Gasteiger partial charge in [-0.15, -0.1) is 0 Å². The monoisotopic (exact) mass is 256 g/mol. The van der Waals surface area contributed by atoms with Gasteiger partial charge < -0.3 is 10.3 Å². The Kier molecular flexibility index (Phi) is 3.34. The molecule has 18 heavy (non-hydrogen) atoms. The van der Waals surface area contributed by atoms with Gasteiger partial charge in [-0.2, -0.15) is 4.98 Å². The summed E-state index contributed by atoms with van der Waals surface area (Å²) in [4.78, 5) is 16.9. The standard InChI is InChI=1S/C11H17FN4O2/c1-7(2)9-14-8(18-15-9)5-16-4-3-11(12,6-16)10(13)17/h7H,3-6H2,1-2H3,(H2,13,17). The maximum absolute atomic E-state index is 13.9. The predicted octanol–water partition coefficient (Wildman–Crippen LogP) is 0.592. The number of hydrogen-bond donors (Lipinski definition) is 1. The molecule has 1 aromatic heterocycles. The van der Waals surface area contributed by atoms with Crippen LogP contribution in [-0.4, -0.2) is 39.7 Å². The van der Waals surface area contributed by atoms with E-state index in [1.54, 1.807) is 4.90 Å². The number of aromatic nitrogens is 2. The Bertz CT molecular complexity index is 448. The molecule has 1 aliphatic heterocycles. The number of carbonyl (C=O) groups is 1. The van der Waals surface area contributed by atoms with Gasteiger partial charge in [-0.1, -0.05) is 19.0 Å². The summed E-state index contributed by atoms with van der Waals surface area (Å²) in [5.74, 6) is 0.350. The number of carbonyl (C=O) groups excluding carboxylic acids is 1. The molecule has 6 nitrogen and oxygen atoms in total. The Morgan fingerprint density at radius 1 is 1.67 bits per heavy atom. The summed E-state index contributed by atoms with van der Waals surface area (Å²) < 4.78 is 19.0. The molecular formula is C11H17FN4O2. The van der Waals surface area contributed by atoms with Crippen LogP contribution in [0.2, 0.25) is 0 Å². The normalized spacial score (nSPS) is 24.9. The van der Waals surface area contributed by atoms with Gasteiger partial charge in [-0.25, -0.2) is 4.39 Å². The number of likely N-dealkylation sites (tertiary alicyclic amines) is 1. The van der Waals surface area contributed by atoms with E-state index in [2.05, 4.69) is 10.1 Å². The highest BCUT2D eigenvalue weighted by atomic mass is 19.1. The van der Waals surface area contributed by atoms with Crippen molar-refractivity contribution in [2.75, 3.05) is 13.1 Å². The third kappa shape index (κ3) is 2.50. The van der Waals surface area contributed by atoms with Gasteiger partial charge >= 0.3 is 0 Å². The van der Waals surface area contributed by atoms with Gasteiger partial charge in [0.25, 0.3) is 5.91 Å². The highest BCUT2D eigenvalue weighted by Crippen LogP contribution is 2.26. The second-order valence-corrected chi connectivity index (χ2v) is 4.99. The van der Waals surface area contributed by atoms with Crippen LogP contribution in [0.15, 0.2) is 4.52 Å². The highest BCUT2D eigenvalue weighted by molar-refractivity contribution is 5.84. The molecule has 0 bridgehead atoms. The molecule has 1 fully saturated rings. The fraction of sp³-hybridized carbons (Fsp3) is 0.727. The minimum absolute atomic E-state index is 0.0122. The van der Waals surface area contributed by atoms with Crippen molar-refractivity contribution in [3.8, 4) is 0 Å². The quantitative estimate of drug-likeness (QED) is 0.852. The van der Waals surface area contributed by atoms with Gasteiger partial charge in [-0.05, 0) is 0 Å². The molecule has 0 radical (unpaired) electrons. The Hall–Kier alpha value is -1.50. The van der Waals surface area contributed by atoms with Crippen molar-refractivity contribution < 1.29 is 13.7 Å². The molecule has 0 saturated carbocycles. The molecule has 1 aliphatic rings. The lowest BCUT2D eigenvalue weighted by molar-refractivity contribution is -0.128. The summed E-state index contributed by atoms with van der Waals surface area (Å²) in [6.07, 6.45) is 0.119. The molecule has 100 valence electrons. The summed E-state index contributed by atoms with van der Waals surface area (Å²) in [6, 6.07) is 0. The first-order valence-corrected chi connectivity index (χ1v) is 5.94. The molecule has 0 spiro atoms. The van der Waals surface area contributed by atoms with Crippen LogP contribution in [0.3, 0.4) is 0 Å². The summed E-state index contributed by atoms with van der Waals surface area (Å²) in [5, 5.41) is 3.83. The number of rotatable bonds is 4. The molecule has 2 N–H and O–H groups in total. The van der Waals surface area contributed by atoms with Crippen molar-refractivity contribution in [2.45, 2.75) is 38.4 Å². The molecule has 1 amide bonds. The van der Waals surface area contributed by atoms with Crippen LogP contribution in [0.25, 0.3) is 0 Å². The van der Waals surface area contributed by atoms with E-state index < -0.39 is 11.6 Å². The second kappa shape index (κ2) is 4.64. The minimum atomic E-state index is -1.93. The third-order valence-corrected chi connectivity index (χ3v) is 3.10. The average Bonchev–Trinajstić information content (AvgIpc) is 2.87. The Balaban J connectivity index is 1.97. The minimum Gasteiger partial charge on any atom is -0.367 e. The molecule has 1 atom stereocenters. The van der Waals surface area contributed by atoms with Gasteiger partial charge in [0.15, 0.2) is 5.82 Å². The smallest absolute Gasteiger partial charge is 0.256 e. The zero-order valence-corrected chi connectivity index (χ0v) is 10.5. The first kappa shape index (κ1) is 12.9. The van der Waals surface area contributed by atoms with Crippen LogP contribution < -0.4 is 5.73 Å². The Morgan fingerprint density at radius 2 is 2.39 bits per heavy atom. The maximum atomic E-state index is 13.9. The van der Waals surface area contributed by atoms with Gasteiger partial charge in [0.1, 0.15) is 0 Å². The van der Waals surface area contributed by atoms with E-state index in [1.165, 1.54) is 0 Å². The van der Waals surface area contributed by atoms with E-state index in [0.29, 0.717) is 24.8 Å². The van der Waals surface area contributed by atoms with E-state index in [-0.39, 0.29) is 18.9 Å². The van der Waals surface area contributed by atoms with Crippen LogP contribution in [-0.2, 0) is 11.3 Å². The van der Waals surface area contributed by atoms with Crippen LogP contribution >= 0.6 is 0 Å². The highest BCUT2D eigenvalue weighted by Gasteiger charge is 2.43. The van der Waals surface area contributed by atoms with Crippen molar-refractivity contribution >= 4 is 5.91 Å². The van der Waals surface area contributed by atoms with E-state index in [1.807, 2.05) is 13.8 Å². The molecule has 1 saturated heterocycles. The molecule has 1 aromatic rings. The summed E-state index contributed by atoms with van der Waals surface area (Å²) in [5.41, 5.74) is 3.11. The van der Waals surface area contributed by atoms with Crippen LogP contribution in [0.5, 0.6) is 0 Å². The summed E-state index contributed by atoms with van der Waals surface area (Å²) in [7, 11) is 0. The Labute approximate surface area is 104 Å². The zero-order valence-electron chi connectivity index (χ0n) is 10.5. The SMILES string of the molecule is CC(C)c1noc(CN2CCC(F)(C(N)=O)C2)n1. The fourth-order valence-electron chi connectivity index (χ4n) is 1.94. The molecular weight excluding hydrogens is 239 g/mol. The number of halogens is 1. The largest absolute Gasteiger partial charge is 0.367 e. The molecule has 1 unspecified atom stereocenters. The van der Waals surface area contributed by atoms with Crippen molar-refractivity contribution in [1.82, 2.24) is 15.0 Å². The topological polar surface area (TPSA) is 85.3 Å². The van der Waals surface area contributed by atoms with E-state index >= 15 is 0 Å². The molecule has 2 heterocycles. The number of nitrogens with two attached hydrogens (primary N) is 1. The number of primary amides is 1. The summed E-state index contributed by atoms with van der Waals surface area (Å²) in [6.45, 7) is 4.72. The van der Waals surface area contributed by atoms with Gasteiger partial charge in [-0.3, -0.25) is 9.69 Å². The third-order valence-electron chi connectivity index (χ3n) is 3.10. The van der Waals surface area contributed by atoms with E-state index in [4.69, 9.17) is 10.3 Å². The fourth-order valence-corrected chi connectivity index (χ4v) is 1.94. The Morgan fingerprint density at radius 3 is 2.89 bits per heavy atom. The van der Waals surface area contributed by atoms with Crippen LogP contribution in [0, 0.1) is 0 Å². The van der Waals surface area contributed by atoms with Crippen molar-refractivity contribution in [1.29, 1.82) is 0 Å². The molecule has 7 heteroatoms. The number of amides is 1. The molecule has 0 aliphatic carbocycles. The molecule has 0 aromatic carbocycles. The number of hydrogen-bond acceptors (Lipinski definition) is 5. The van der Waals surface area contributed by atoms with Crippen molar-refractivity contribution in [3.05, 3.63) is 11.7 Å². The zero-order chi connectivity index (χ0) is 13.3. The summed E-state index contributed by atoms with van der Waals surface area (Å²) >= 11 is 0. The maximum Gasteiger partial charge on any atom is 0.256 e. The van der Waals surface area contributed by atoms with Gasteiger partial charge in [0.2, 0.25) is 11.6 Å². The van der Waals surface area contributed by atoms with Crippen molar-refractivity contribution in [3.63, 3.8) is 0 Å². The van der Waals surface area contributed by atoms with Gasteiger partial charge in [0, 0.05) is 25.4 Å². The number of alkyl halides is 1. The van der Waals surface area contributed by atoms with E-state index in [0.717, 1.165) is 0 Å². The second-order valence-electron chi connectivity index (χ2n) is 4.99. The lowest BCUT2D eigenvalue weighted by atomic mass is 10.1. The first-order valence-electron chi connectivity index (χ1n) is 5.94.